The third-order valence-corrected chi connectivity index (χ3v) is 5.75. The highest BCUT2D eigenvalue weighted by atomic mass is 127. The molecule has 1 atom stereocenters. The van der Waals surface area contributed by atoms with Crippen molar-refractivity contribution in [3.8, 4) is 5.75 Å². The zero-order chi connectivity index (χ0) is 16.7. The zero-order valence-electron chi connectivity index (χ0n) is 14.9. The Balaban J connectivity index is 0.00000288. The predicted molar refractivity (Wildman–Crippen MR) is 116 cm³/mol. The third kappa shape index (κ3) is 6.70. The van der Waals surface area contributed by atoms with Gasteiger partial charge in [0.15, 0.2) is 5.96 Å². The lowest BCUT2D eigenvalue weighted by atomic mass is 10.1. The molecule has 0 bridgehead atoms. The summed E-state index contributed by atoms with van der Waals surface area (Å²) in [6.45, 7) is 7.68. The molecule has 1 heterocycles. The number of rotatable bonds is 5. The fraction of sp³-hybridized carbons (Fsp3) is 0.611. The molecule has 1 unspecified atom stereocenters. The molecule has 1 aromatic carbocycles. The van der Waals surface area contributed by atoms with Crippen LogP contribution in [-0.4, -0.2) is 53.7 Å². The van der Waals surface area contributed by atoms with Crippen LogP contribution in [0.3, 0.4) is 0 Å². The summed E-state index contributed by atoms with van der Waals surface area (Å²) in [5, 5.41) is 13.5. The first-order valence-electron chi connectivity index (χ1n) is 8.45. The summed E-state index contributed by atoms with van der Waals surface area (Å²) in [7, 11) is 1.87. The number of hydrogen-bond acceptors (Lipinski definition) is 3. The SMILES string of the molecule is CN=C(NCCCc1ccc(O)cc1)N1CCSC(C(C)C)C1.I. The normalized spacial score (nSPS) is 18.4. The summed E-state index contributed by atoms with van der Waals surface area (Å²) in [5.74, 6) is 3.24. The Morgan fingerprint density at radius 2 is 2.08 bits per heavy atom. The molecule has 1 aliphatic heterocycles. The number of halogens is 1. The first-order chi connectivity index (χ1) is 11.1. The average Bonchev–Trinajstić information content (AvgIpc) is 2.56. The molecule has 24 heavy (non-hydrogen) atoms. The highest BCUT2D eigenvalue weighted by molar-refractivity contribution is 14.0. The molecule has 0 saturated carbocycles. The van der Waals surface area contributed by atoms with Gasteiger partial charge in [0.05, 0.1) is 0 Å². The van der Waals surface area contributed by atoms with Crippen molar-refractivity contribution in [2.45, 2.75) is 31.9 Å². The molecule has 1 fully saturated rings. The number of nitrogens with zero attached hydrogens (tertiary/aromatic N) is 2. The maximum absolute atomic E-state index is 9.30. The molecule has 6 heteroatoms. The Labute approximate surface area is 167 Å². The topological polar surface area (TPSA) is 47.9 Å². The molecule has 4 nitrogen and oxygen atoms in total. The van der Waals surface area contributed by atoms with Crippen LogP contribution in [0.5, 0.6) is 5.75 Å². The van der Waals surface area contributed by atoms with E-state index in [4.69, 9.17) is 0 Å². The van der Waals surface area contributed by atoms with E-state index in [0.29, 0.717) is 16.9 Å². The summed E-state index contributed by atoms with van der Waals surface area (Å²) in [5.41, 5.74) is 1.26. The van der Waals surface area contributed by atoms with Gasteiger partial charge in [-0.3, -0.25) is 4.99 Å². The third-order valence-electron chi connectivity index (χ3n) is 4.21. The van der Waals surface area contributed by atoms with Crippen molar-refractivity contribution >= 4 is 41.7 Å². The number of aryl methyl sites for hydroxylation is 1. The van der Waals surface area contributed by atoms with Gasteiger partial charge in [-0.05, 0) is 36.5 Å². The van der Waals surface area contributed by atoms with Crippen molar-refractivity contribution in [1.82, 2.24) is 10.2 Å². The molecule has 136 valence electrons. The molecule has 2 N–H and O–H groups in total. The lowest BCUT2D eigenvalue weighted by Gasteiger charge is -2.36. The molecule has 1 aliphatic rings. The van der Waals surface area contributed by atoms with Crippen molar-refractivity contribution in [3.63, 3.8) is 0 Å². The molecule has 1 aromatic rings. The first kappa shape index (κ1) is 21.4. The number of hydrogen-bond donors (Lipinski definition) is 2. The van der Waals surface area contributed by atoms with E-state index >= 15 is 0 Å². The number of aromatic hydroxyl groups is 1. The van der Waals surface area contributed by atoms with Gasteiger partial charge in [0.1, 0.15) is 5.75 Å². The van der Waals surface area contributed by atoms with Crippen molar-refractivity contribution in [3.05, 3.63) is 29.8 Å². The number of aliphatic imine (C=N–C) groups is 1. The summed E-state index contributed by atoms with van der Waals surface area (Å²) >= 11 is 2.08. The lowest BCUT2D eigenvalue weighted by Crippen LogP contribution is -2.49. The second-order valence-corrected chi connectivity index (χ2v) is 7.69. The minimum absolute atomic E-state index is 0. The second kappa shape index (κ2) is 11.1. The minimum atomic E-state index is 0. The van der Waals surface area contributed by atoms with E-state index in [9.17, 15) is 5.11 Å². The number of nitrogens with one attached hydrogen (secondary N) is 1. The van der Waals surface area contributed by atoms with Crippen LogP contribution in [0.2, 0.25) is 0 Å². The highest BCUT2D eigenvalue weighted by Crippen LogP contribution is 2.24. The van der Waals surface area contributed by atoms with Crippen LogP contribution in [0.15, 0.2) is 29.3 Å². The predicted octanol–water partition coefficient (Wildman–Crippen LogP) is 3.59. The molecular weight excluding hydrogens is 433 g/mol. The van der Waals surface area contributed by atoms with Crippen LogP contribution in [0.4, 0.5) is 0 Å². The van der Waals surface area contributed by atoms with Gasteiger partial charge >= 0.3 is 0 Å². The number of guanidine groups is 1. The number of benzene rings is 1. The number of thioether (sulfide) groups is 1. The fourth-order valence-corrected chi connectivity index (χ4v) is 4.06. The van der Waals surface area contributed by atoms with E-state index in [2.05, 4.69) is 40.8 Å². The van der Waals surface area contributed by atoms with Crippen LogP contribution in [0.1, 0.15) is 25.8 Å². The van der Waals surface area contributed by atoms with Gasteiger partial charge in [-0.15, -0.1) is 24.0 Å². The summed E-state index contributed by atoms with van der Waals surface area (Å²) in [4.78, 5) is 6.84. The van der Waals surface area contributed by atoms with Crippen LogP contribution in [-0.2, 0) is 6.42 Å². The van der Waals surface area contributed by atoms with E-state index in [-0.39, 0.29) is 24.0 Å². The standard InChI is InChI=1S/C18H29N3OS.HI/c1-14(2)17-13-21(11-12-23-17)18(19-3)20-10-4-5-15-6-8-16(22)9-7-15;/h6-9,14,17,22H,4-5,10-13H2,1-3H3,(H,19,20);1H. The highest BCUT2D eigenvalue weighted by Gasteiger charge is 2.24. The van der Waals surface area contributed by atoms with E-state index in [1.807, 2.05) is 19.2 Å². The summed E-state index contributed by atoms with van der Waals surface area (Å²) < 4.78 is 0. The Hall–Kier alpha value is -0.630. The van der Waals surface area contributed by atoms with Gasteiger partial charge in [0, 0.05) is 37.7 Å². The number of phenols is 1. The molecule has 0 spiro atoms. The van der Waals surface area contributed by atoms with Crippen LogP contribution in [0, 0.1) is 5.92 Å². The summed E-state index contributed by atoms with van der Waals surface area (Å²) in [6, 6.07) is 7.47. The maximum atomic E-state index is 9.30. The summed E-state index contributed by atoms with van der Waals surface area (Å²) in [6.07, 6.45) is 2.06. The van der Waals surface area contributed by atoms with Crippen molar-refractivity contribution < 1.29 is 5.11 Å². The fourth-order valence-electron chi connectivity index (χ4n) is 2.76. The molecule has 0 amide bonds. The Kier molecular flexibility index (Phi) is 9.88. The van der Waals surface area contributed by atoms with Gasteiger partial charge in [-0.25, -0.2) is 0 Å². The van der Waals surface area contributed by atoms with E-state index in [1.54, 1.807) is 12.1 Å². The van der Waals surface area contributed by atoms with Crippen LogP contribution < -0.4 is 5.32 Å². The van der Waals surface area contributed by atoms with Crippen LogP contribution in [0.25, 0.3) is 0 Å². The van der Waals surface area contributed by atoms with E-state index in [0.717, 1.165) is 38.4 Å². The molecule has 2 rings (SSSR count). The van der Waals surface area contributed by atoms with Gasteiger partial charge in [0.2, 0.25) is 0 Å². The minimum Gasteiger partial charge on any atom is -0.508 e. The van der Waals surface area contributed by atoms with Crippen molar-refractivity contribution in [2.24, 2.45) is 10.9 Å². The van der Waals surface area contributed by atoms with E-state index in [1.165, 1.54) is 11.3 Å². The van der Waals surface area contributed by atoms with Gasteiger partial charge in [-0.1, -0.05) is 26.0 Å². The van der Waals surface area contributed by atoms with Gasteiger partial charge < -0.3 is 15.3 Å². The average molecular weight is 463 g/mol. The lowest BCUT2D eigenvalue weighted by molar-refractivity contribution is 0.380. The first-order valence-corrected chi connectivity index (χ1v) is 9.50. The monoisotopic (exact) mass is 463 g/mol. The van der Waals surface area contributed by atoms with Crippen molar-refractivity contribution in [1.29, 1.82) is 0 Å². The quantitative estimate of drug-likeness (QED) is 0.303. The molecule has 1 saturated heterocycles. The van der Waals surface area contributed by atoms with Crippen molar-refractivity contribution in [2.75, 3.05) is 32.4 Å². The molecule has 0 aliphatic carbocycles. The van der Waals surface area contributed by atoms with Gasteiger partial charge in [-0.2, -0.15) is 11.8 Å². The second-order valence-electron chi connectivity index (χ2n) is 6.34. The van der Waals surface area contributed by atoms with Gasteiger partial charge in [0.25, 0.3) is 0 Å². The molecule has 0 radical (unpaired) electrons. The molecular formula is C18H30IN3OS. The largest absolute Gasteiger partial charge is 0.508 e. The van der Waals surface area contributed by atoms with Crippen LogP contribution >= 0.6 is 35.7 Å². The zero-order valence-corrected chi connectivity index (χ0v) is 18.0. The maximum Gasteiger partial charge on any atom is 0.193 e. The smallest absolute Gasteiger partial charge is 0.193 e. The Morgan fingerprint density at radius 1 is 1.38 bits per heavy atom. The molecule has 0 aromatic heterocycles. The van der Waals surface area contributed by atoms with E-state index < -0.39 is 0 Å². The Bertz CT molecular complexity index is 507. The number of phenolic OH excluding ortho intramolecular Hbond substituents is 1. The Morgan fingerprint density at radius 3 is 2.71 bits per heavy atom.